The molecule has 0 spiro atoms. The summed E-state index contributed by atoms with van der Waals surface area (Å²) in [5.41, 5.74) is 2.38. The maximum Gasteiger partial charge on any atom is 0.261 e. The zero-order valence-electron chi connectivity index (χ0n) is 13.6. The number of rotatable bonds is 3. The number of hydrogen-bond acceptors (Lipinski definition) is 4. The van der Waals surface area contributed by atoms with Gasteiger partial charge in [0.05, 0.1) is 10.9 Å². The fraction of sp³-hybridized carbons (Fsp3) is 0.111. The van der Waals surface area contributed by atoms with Crippen LogP contribution in [0.4, 0.5) is 4.39 Å². The Labute approximate surface area is 145 Å². The number of aryl methyl sites for hydroxylation is 2. The average molecular weight is 348 g/mol. The number of benzene rings is 1. The predicted octanol–water partition coefficient (Wildman–Crippen LogP) is 2.30. The Hall–Kier alpha value is -3.55. The van der Waals surface area contributed by atoms with Crippen LogP contribution in [0.25, 0.3) is 27.6 Å². The third-order valence-electron chi connectivity index (χ3n) is 4.60. The number of halogens is 1. The molecule has 0 amide bonds. The first-order valence-electron chi connectivity index (χ1n) is 8.14. The van der Waals surface area contributed by atoms with Crippen molar-refractivity contribution in [1.29, 1.82) is 0 Å². The van der Waals surface area contributed by atoms with E-state index in [-0.39, 0.29) is 11.4 Å². The van der Waals surface area contributed by atoms with E-state index in [2.05, 4.69) is 20.1 Å². The standard InChI is InChI=1S/C18H13FN6O/c19-12-1-2-15-13(7-12)11(8-20-15)3-5-24-6-4-16-14(17(24)26)9-21-18-22-10-23-25(16)18/h1-2,4,6-10,20H,3,5H2. The number of aromatic nitrogens is 6. The molecule has 0 atom stereocenters. The zero-order valence-corrected chi connectivity index (χ0v) is 13.6. The molecule has 8 heteroatoms. The summed E-state index contributed by atoms with van der Waals surface area (Å²) < 4.78 is 16.7. The van der Waals surface area contributed by atoms with Crippen molar-refractivity contribution in [2.24, 2.45) is 0 Å². The van der Waals surface area contributed by atoms with E-state index >= 15 is 0 Å². The SMILES string of the molecule is O=c1c2cnc3ncnn3c2ccn1CCc1c[nH]c2ccc(F)cc12. The van der Waals surface area contributed by atoms with Crippen molar-refractivity contribution in [3.63, 3.8) is 0 Å². The first-order valence-corrected chi connectivity index (χ1v) is 8.14. The average Bonchev–Trinajstić information content (AvgIpc) is 3.27. The van der Waals surface area contributed by atoms with E-state index in [9.17, 15) is 9.18 Å². The van der Waals surface area contributed by atoms with Gasteiger partial charge in [0.1, 0.15) is 12.1 Å². The number of H-pyrrole nitrogens is 1. The van der Waals surface area contributed by atoms with E-state index in [0.29, 0.717) is 29.6 Å². The van der Waals surface area contributed by atoms with Crippen molar-refractivity contribution in [3.05, 3.63) is 70.9 Å². The Morgan fingerprint density at radius 2 is 2.08 bits per heavy atom. The van der Waals surface area contributed by atoms with Crippen LogP contribution in [0, 0.1) is 5.82 Å². The maximum absolute atomic E-state index is 13.5. The highest BCUT2D eigenvalue weighted by Crippen LogP contribution is 2.20. The van der Waals surface area contributed by atoms with Crippen LogP contribution in [0.2, 0.25) is 0 Å². The van der Waals surface area contributed by atoms with E-state index < -0.39 is 0 Å². The minimum Gasteiger partial charge on any atom is -0.361 e. The molecule has 4 heterocycles. The first-order chi connectivity index (χ1) is 12.7. The molecule has 0 radical (unpaired) electrons. The van der Waals surface area contributed by atoms with E-state index in [1.54, 1.807) is 21.3 Å². The zero-order chi connectivity index (χ0) is 17.7. The van der Waals surface area contributed by atoms with Crippen molar-refractivity contribution in [2.75, 3.05) is 0 Å². The minimum atomic E-state index is -0.274. The van der Waals surface area contributed by atoms with Gasteiger partial charge in [0, 0.05) is 36.0 Å². The second kappa shape index (κ2) is 5.48. The van der Waals surface area contributed by atoms with Gasteiger partial charge < -0.3 is 9.55 Å². The molecule has 0 aliphatic heterocycles. The van der Waals surface area contributed by atoms with E-state index in [1.807, 2.05) is 12.3 Å². The van der Waals surface area contributed by atoms with Gasteiger partial charge in [-0.3, -0.25) is 4.79 Å². The van der Waals surface area contributed by atoms with Gasteiger partial charge in [0.25, 0.3) is 11.3 Å². The van der Waals surface area contributed by atoms with Crippen molar-refractivity contribution in [3.8, 4) is 0 Å². The van der Waals surface area contributed by atoms with Gasteiger partial charge >= 0.3 is 0 Å². The van der Waals surface area contributed by atoms with Gasteiger partial charge in [-0.2, -0.15) is 14.6 Å². The van der Waals surface area contributed by atoms with Crippen LogP contribution in [0.5, 0.6) is 0 Å². The summed E-state index contributed by atoms with van der Waals surface area (Å²) in [5, 5.41) is 5.42. The Morgan fingerprint density at radius 3 is 3.00 bits per heavy atom. The molecule has 0 aliphatic rings. The Morgan fingerprint density at radius 1 is 1.15 bits per heavy atom. The summed E-state index contributed by atoms with van der Waals surface area (Å²) >= 11 is 0. The van der Waals surface area contributed by atoms with Crippen LogP contribution in [0.3, 0.4) is 0 Å². The fourth-order valence-corrected chi connectivity index (χ4v) is 3.28. The number of fused-ring (bicyclic) bond motifs is 4. The number of nitrogens with one attached hydrogen (secondary N) is 1. The summed E-state index contributed by atoms with van der Waals surface area (Å²) in [5.74, 6) is 0.180. The van der Waals surface area contributed by atoms with Crippen LogP contribution in [-0.2, 0) is 13.0 Å². The van der Waals surface area contributed by atoms with Crippen molar-refractivity contribution in [2.45, 2.75) is 13.0 Å². The highest BCUT2D eigenvalue weighted by atomic mass is 19.1. The van der Waals surface area contributed by atoms with Gasteiger partial charge in [-0.05, 0) is 36.2 Å². The molecule has 0 aliphatic carbocycles. The lowest BCUT2D eigenvalue weighted by Crippen LogP contribution is -2.21. The molecule has 0 bridgehead atoms. The second-order valence-corrected chi connectivity index (χ2v) is 6.10. The third kappa shape index (κ3) is 2.19. The Kier molecular flexibility index (Phi) is 3.11. The molecule has 0 saturated heterocycles. The topological polar surface area (TPSA) is 80.9 Å². The molecule has 0 fully saturated rings. The molecule has 0 unspecified atom stereocenters. The smallest absolute Gasteiger partial charge is 0.261 e. The fourth-order valence-electron chi connectivity index (χ4n) is 3.28. The summed E-state index contributed by atoms with van der Waals surface area (Å²) in [7, 11) is 0. The van der Waals surface area contributed by atoms with Crippen LogP contribution in [0.1, 0.15) is 5.56 Å². The van der Waals surface area contributed by atoms with E-state index in [0.717, 1.165) is 16.5 Å². The largest absolute Gasteiger partial charge is 0.361 e. The highest BCUT2D eigenvalue weighted by Gasteiger charge is 2.10. The van der Waals surface area contributed by atoms with Gasteiger partial charge in [-0.15, -0.1) is 0 Å². The molecule has 5 aromatic rings. The first kappa shape index (κ1) is 14.8. The van der Waals surface area contributed by atoms with Gasteiger partial charge in [-0.25, -0.2) is 9.37 Å². The quantitative estimate of drug-likeness (QED) is 0.542. The number of pyridine rings is 1. The Balaban J connectivity index is 1.53. The molecular weight excluding hydrogens is 335 g/mol. The lowest BCUT2D eigenvalue weighted by Gasteiger charge is -2.07. The van der Waals surface area contributed by atoms with E-state index in [1.165, 1.54) is 24.7 Å². The molecule has 128 valence electrons. The van der Waals surface area contributed by atoms with Gasteiger partial charge in [0.2, 0.25) is 0 Å². The summed E-state index contributed by atoms with van der Waals surface area (Å²) in [4.78, 5) is 24.1. The summed E-state index contributed by atoms with van der Waals surface area (Å²) in [6.07, 6.45) is 7.13. The normalized spacial score (nSPS) is 11.7. The summed E-state index contributed by atoms with van der Waals surface area (Å²) in [6, 6.07) is 6.48. The monoisotopic (exact) mass is 348 g/mol. The summed E-state index contributed by atoms with van der Waals surface area (Å²) in [6.45, 7) is 0.480. The molecule has 4 aromatic heterocycles. The molecule has 26 heavy (non-hydrogen) atoms. The van der Waals surface area contributed by atoms with Crippen molar-refractivity contribution >= 4 is 27.6 Å². The van der Waals surface area contributed by atoms with Crippen LogP contribution in [-0.4, -0.2) is 29.1 Å². The molecule has 1 N–H and O–H groups in total. The van der Waals surface area contributed by atoms with Crippen LogP contribution in [0.15, 0.2) is 54.0 Å². The maximum atomic E-state index is 13.5. The lowest BCUT2D eigenvalue weighted by molar-refractivity contribution is 0.629. The molecule has 1 aromatic carbocycles. The second-order valence-electron chi connectivity index (χ2n) is 6.10. The Bertz CT molecular complexity index is 1330. The molecule has 5 rings (SSSR count). The lowest BCUT2D eigenvalue weighted by atomic mass is 10.1. The van der Waals surface area contributed by atoms with Gasteiger partial charge in [-0.1, -0.05) is 0 Å². The van der Waals surface area contributed by atoms with E-state index in [4.69, 9.17) is 0 Å². The molecular formula is C18H13FN6O. The third-order valence-corrected chi connectivity index (χ3v) is 4.60. The number of hydrogen-bond donors (Lipinski definition) is 1. The van der Waals surface area contributed by atoms with Crippen molar-refractivity contribution in [1.82, 2.24) is 29.1 Å². The number of nitrogens with zero attached hydrogens (tertiary/aromatic N) is 5. The van der Waals surface area contributed by atoms with Crippen LogP contribution >= 0.6 is 0 Å². The highest BCUT2D eigenvalue weighted by molar-refractivity contribution is 5.83. The van der Waals surface area contributed by atoms with Gasteiger partial charge in [0.15, 0.2) is 0 Å². The molecule has 7 nitrogen and oxygen atoms in total. The minimum absolute atomic E-state index is 0.140. The van der Waals surface area contributed by atoms with Crippen molar-refractivity contribution < 1.29 is 4.39 Å². The number of aromatic amines is 1. The molecule has 0 saturated carbocycles. The van der Waals surface area contributed by atoms with Crippen LogP contribution < -0.4 is 5.56 Å². The predicted molar refractivity (Wildman–Crippen MR) is 94.5 cm³/mol.